The number of hydrogen-bond acceptors (Lipinski definition) is 3. The van der Waals surface area contributed by atoms with Crippen molar-refractivity contribution in [3.63, 3.8) is 0 Å². The Kier molecular flexibility index (Phi) is 6.10. The molecule has 1 aromatic carbocycles. The van der Waals surface area contributed by atoms with Gasteiger partial charge in [-0.05, 0) is 36.7 Å². The van der Waals surface area contributed by atoms with Crippen LogP contribution in [0.25, 0.3) is 0 Å². The van der Waals surface area contributed by atoms with E-state index in [1.165, 1.54) is 5.56 Å². The SMILES string of the molecule is CN(CCc1ccncc1)CC(=O)N(C)Cc1ccccc1. The number of pyridine rings is 1. The van der Waals surface area contributed by atoms with E-state index in [2.05, 4.69) is 9.88 Å². The maximum atomic E-state index is 12.2. The molecule has 1 amide bonds. The van der Waals surface area contributed by atoms with E-state index in [0.717, 1.165) is 18.5 Å². The second-order valence-corrected chi connectivity index (χ2v) is 5.58. The quantitative estimate of drug-likeness (QED) is 0.786. The zero-order valence-electron chi connectivity index (χ0n) is 13.3. The third-order valence-corrected chi connectivity index (χ3v) is 3.63. The molecule has 0 saturated heterocycles. The van der Waals surface area contributed by atoms with Crippen molar-refractivity contribution in [1.29, 1.82) is 0 Å². The van der Waals surface area contributed by atoms with Gasteiger partial charge in [-0.3, -0.25) is 14.7 Å². The van der Waals surface area contributed by atoms with Crippen LogP contribution in [0.5, 0.6) is 0 Å². The third kappa shape index (κ3) is 5.30. The molecule has 0 fully saturated rings. The lowest BCUT2D eigenvalue weighted by atomic mass is 10.2. The number of hydrogen-bond donors (Lipinski definition) is 0. The predicted octanol–water partition coefficient (Wildman–Crippen LogP) is 2.21. The molecule has 0 atom stereocenters. The molecule has 0 radical (unpaired) electrons. The molecule has 0 spiro atoms. The van der Waals surface area contributed by atoms with Gasteiger partial charge >= 0.3 is 0 Å². The summed E-state index contributed by atoms with van der Waals surface area (Å²) in [6, 6.07) is 14.1. The summed E-state index contributed by atoms with van der Waals surface area (Å²) in [6.07, 6.45) is 4.52. The van der Waals surface area contributed by atoms with Gasteiger partial charge in [0.2, 0.25) is 5.91 Å². The Balaban J connectivity index is 1.75. The Morgan fingerprint density at radius 2 is 1.68 bits per heavy atom. The van der Waals surface area contributed by atoms with E-state index in [4.69, 9.17) is 0 Å². The fourth-order valence-corrected chi connectivity index (χ4v) is 2.25. The molecule has 2 aromatic rings. The number of amides is 1. The van der Waals surface area contributed by atoms with Crippen molar-refractivity contribution in [3.05, 3.63) is 66.0 Å². The molecular formula is C18H23N3O. The van der Waals surface area contributed by atoms with Crippen LogP contribution in [0.2, 0.25) is 0 Å². The summed E-state index contributed by atoms with van der Waals surface area (Å²) in [6.45, 7) is 1.95. The normalized spacial score (nSPS) is 10.7. The Labute approximate surface area is 132 Å². The molecule has 4 heteroatoms. The van der Waals surface area contributed by atoms with E-state index in [-0.39, 0.29) is 5.91 Å². The highest BCUT2D eigenvalue weighted by atomic mass is 16.2. The zero-order chi connectivity index (χ0) is 15.8. The topological polar surface area (TPSA) is 36.4 Å². The Bertz CT molecular complexity index is 571. The second-order valence-electron chi connectivity index (χ2n) is 5.58. The maximum Gasteiger partial charge on any atom is 0.236 e. The Morgan fingerprint density at radius 3 is 2.36 bits per heavy atom. The molecule has 0 saturated carbocycles. The van der Waals surface area contributed by atoms with Crippen molar-refractivity contribution in [2.24, 2.45) is 0 Å². The van der Waals surface area contributed by atoms with Gasteiger partial charge in [-0.1, -0.05) is 30.3 Å². The van der Waals surface area contributed by atoms with Gasteiger partial charge in [0.05, 0.1) is 6.54 Å². The number of benzene rings is 1. The lowest BCUT2D eigenvalue weighted by Gasteiger charge is -2.22. The van der Waals surface area contributed by atoms with Gasteiger partial charge in [-0.25, -0.2) is 0 Å². The number of rotatable bonds is 7. The van der Waals surface area contributed by atoms with Crippen molar-refractivity contribution in [2.75, 3.05) is 27.2 Å². The monoisotopic (exact) mass is 297 g/mol. The van der Waals surface area contributed by atoms with Crippen molar-refractivity contribution >= 4 is 5.91 Å². The molecule has 0 aliphatic carbocycles. The summed E-state index contributed by atoms with van der Waals surface area (Å²) in [7, 11) is 3.83. The Morgan fingerprint density at radius 1 is 1.00 bits per heavy atom. The molecule has 0 N–H and O–H groups in total. The van der Waals surface area contributed by atoms with E-state index in [1.54, 1.807) is 17.3 Å². The highest BCUT2D eigenvalue weighted by molar-refractivity contribution is 5.77. The van der Waals surface area contributed by atoms with Crippen LogP contribution in [0.3, 0.4) is 0 Å². The number of aromatic nitrogens is 1. The largest absolute Gasteiger partial charge is 0.340 e. The Hall–Kier alpha value is -2.20. The first-order valence-corrected chi connectivity index (χ1v) is 7.50. The fraction of sp³-hybridized carbons (Fsp3) is 0.333. The van der Waals surface area contributed by atoms with Gasteiger partial charge < -0.3 is 4.90 Å². The van der Waals surface area contributed by atoms with Crippen molar-refractivity contribution in [1.82, 2.24) is 14.8 Å². The minimum Gasteiger partial charge on any atom is -0.340 e. The van der Waals surface area contributed by atoms with Gasteiger partial charge in [0, 0.05) is 32.5 Å². The molecule has 0 aliphatic rings. The van der Waals surface area contributed by atoms with Crippen LogP contribution in [-0.2, 0) is 17.8 Å². The van der Waals surface area contributed by atoms with Crippen LogP contribution in [0, 0.1) is 0 Å². The predicted molar refractivity (Wildman–Crippen MR) is 88.4 cm³/mol. The summed E-state index contributed by atoms with van der Waals surface area (Å²) in [5.74, 6) is 0.140. The van der Waals surface area contributed by atoms with E-state index < -0.39 is 0 Å². The molecule has 0 unspecified atom stereocenters. The molecule has 4 nitrogen and oxygen atoms in total. The van der Waals surface area contributed by atoms with Gasteiger partial charge in [0.1, 0.15) is 0 Å². The maximum absolute atomic E-state index is 12.2. The van der Waals surface area contributed by atoms with Crippen LogP contribution in [0.1, 0.15) is 11.1 Å². The molecular weight excluding hydrogens is 274 g/mol. The van der Waals surface area contributed by atoms with Gasteiger partial charge in [0.15, 0.2) is 0 Å². The number of likely N-dealkylation sites (N-methyl/N-ethyl adjacent to an activating group) is 2. The smallest absolute Gasteiger partial charge is 0.236 e. The van der Waals surface area contributed by atoms with Crippen LogP contribution >= 0.6 is 0 Å². The molecule has 116 valence electrons. The third-order valence-electron chi connectivity index (χ3n) is 3.63. The highest BCUT2D eigenvalue weighted by Crippen LogP contribution is 2.04. The first kappa shape index (κ1) is 16.2. The van der Waals surface area contributed by atoms with Crippen molar-refractivity contribution < 1.29 is 4.79 Å². The van der Waals surface area contributed by atoms with E-state index >= 15 is 0 Å². The van der Waals surface area contributed by atoms with E-state index in [0.29, 0.717) is 13.1 Å². The summed E-state index contributed by atoms with van der Waals surface area (Å²) in [4.78, 5) is 20.1. The standard InChI is InChI=1S/C18H23N3O/c1-20(13-10-16-8-11-19-12-9-16)15-18(22)21(2)14-17-6-4-3-5-7-17/h3-9,11-12H,10,13-15H2,1-2H3. The summed E-state index contributed by atoms with van der Waals surface area (Å²) < 4.78 is 0. The molecule has 1 heterocycles. The van der Waals surface area contributed by atoms with Gasteiger partial charge in [-0.2, -0.15) is 0 Å². The molecule has 0 bridgehead atoms. The summed E-state index contributed by atoms with van der Waals surface area (Å²) in [5.41, 5.74) is 2.39. The summed E-state index contributed by atoms with van der Waals surface area (Å²) >= 11 is 0. The van der Waals surface area contributed by atoms with Crippen LogP contribution in [0.4, 0.5) is 0 Å². The minimum absolute atomic E-state index is 0.140. The average molecular weight is 297 g/mol. The molecule has 1 aromatic heterocycles. The average Bonchev–Trinajstić information content (AvgIpc) is 2.55. The van der Waals surface area contributed by atoms with Crippen molar-refractivity contribution in [2.45, 2.75) is 13.0 Å². The second kappa shape index (κ2) is 8.29. The highest BCUT2D eigenvalue weighted by Gasteiger charge is 2.12. The lowest BCUT2D eigenvalue weighted by Crippen LogP contribution is -2.37. The van der Waals surface area contributed by atoms with E-state index in [9.17, 15) is 4.79 Å². The number of nitrogens with zero attached hydrogens (tertiary/aromatic N) is 3. The number of carbonyl (C=O) groups excluding carboxylic acids is 1. The lowest BCUT2D eigenvalue weighted by molar-refractivity contribution is -0.131. The molecule has 22 heavy (non-hydrogen) atoms. The van der Waals surface area contributed by atoms with Crippen LogP contribution in [0.15, 0.2) is 54.9 Å². The fourth-order valence-electron chi connectivity index (χ4n) is 2.25. The van der Waals surface area contributed by atoms with Gasteiger partial charge in [-0.15, -0.1) is 0 Å². The van der Waals surface area contributed by atoms with Gasteiger partial charge in [0.25, 0.3) is 0 Å². The van der Waals surface area contributed by atoms with E-state index in [1.807, 2.05) is 56.6 Å². The first-order valence-electron chi connectivity index (χ1n) is 7.50. The summed E-state index contributed by atoms with van der Waals surface area (Å²) in [5, 5.41) is 0. The zero-order valence-corrected chi connectivity index (χ0v) is 13.3. The minimum atomic E-state index is 0.140. The molecule has 0 aliphatic heterocycles. The van der Waals surface area contributed by atoms with Crippen LogP contribution < -0.4 is 0 Å². The van der Waals surface area contributed by atoms with Crippen molar-refractivity contribution in [3.8, 4) is 0 Å². The number of carbonyl (C=O) groups is 1. The molecule has 2 rings (SSSR count). The van der Waals surface area contributed by atoms with Crippen LogP contribution in [-0.4, -0.2) is 47.9 Å². The first-order chi connectivity index (χ1) is 10.6.